The average molecular weight is 463 g/mol. The van der Waals surface area contributed by atoms with Gasteiger partial charge < -0.3 is 10.2 Å². The van der Waals surface area contributed by atoms with Crippen LogP contribution in [0.3, 0.4) is 0 Å². The molecule has 0 saturated carbocycles. The van der Waals surface area contributed by atoms with Gasteiger partial charge >= 0.3 is 12.1 Å². The second kappa shape index (κ2) is 9.91. The summed E-state index contributed by atoms with van der Waals surface area (Å²) in [6, 6.07) is 6.39. The summed E-state index contributed by atoms with van der Waals surface area (Å²) in [5.41, 5.74) is -1.28. The third-order valence-electron chi connectivity index (χ3n) is 4.75. The molecule has 2 rings (SSSR count). The lowest BCUT2D eigenvalue weighted by Crippen LogP contribution is -2.47. The third-order valence-corrected chi connectivity index (χ3v) is 4.75. The quantitative estimate of drug-likeness (QED) is 0.434. The summed E-state index contributed by atoms with van der Waals surface area (Å²) in [4.78, 5) is 11.4. The van der Waals surface area contributed by atoms with E-state index in [-0.39, 0.29) is 11.1 Å². The highest BCUT2D eigenvalue weighted by Crippen LogP contribution is 2.35. The Kier molecular flexibility index (Phi) is 7.95. The SMILES string of the molecule is CC(C)(F)CC(NC(c1ccc(-c2ccc(C(O)C(F)F)cc2)cc1)C(F)(F)F)C(=O)O. The summed E-state index contributed by atoms with van der Waals surface area (Å²) in [7, 11) is 0. The van der Waals surface area contributed by atoms with Crippen LogP contribution in [0.2, 0.25) is 0 Å². The van der Waals surface area contributed by atoms with Gasteiger partial charge in [-0.25, -0.2) is 13.2 Å². The fourth-order valence-corrected chi connectivity index (χ4v) is 3.17. The van der Waals surface area contributed by atoms with Crippen LogP contribution in [0.1, 0.15) is 43.5 Å². The lowest BCUT2D eigenvalue weighted by Gasteiger charge is -2.28. The third kappa shape index (κ3) is 6.96. The number of carboxylic acids is 1. The van der Waals surface area contributed by atoms with Gasteiger partial charge in [-0.2, -0.15) is 13.2 Å². The van der Waals surface area contributed by atoms with E-state index in [4.69, 9.17) is 0 Å². The second-order valence-electron chi connectivity index (χ2n) is 7.98. The van der Waals surface area contributed by atoms with Crippen molar-refractivity contribution in [2.75, 3.05) is 0 Å². The van der Waals surface area contributed by atoms with E-state index < -0.39 is 48.8 Å². The molecule has 0 aliphatic rings. The zero-order valence-corrected chi connectivity index (χ0v) is 17.2. The molecule has 4 nitrogen and oxygen atoms in total. The molecule has 2 aromatic rings. The number of benzene rings is 2. The molecule has 3 N–H and O–H groups in total. The van der Waals surface area contributed by atoms with E-state index in [0.717, 1.165) is 26.0 Å². The van der Waals surface area contributed by atoms with Gasteiger partial charge in [0.05, 0.1) is 0 Å². The summed E-state index contributed by atoms with van der Waals surface area (Å²) in [5, 5.41) is 20.6. The van der Waals surface area contributed by atoms with E-state index >= 15 is 0 Å². The molecule has 0 heterocycles. The number of halogens is 6. The molecule has 3 atom stereocenters. The number of nitrogens with one attached hydrogen (secondary N) is 1. The zero-order valence-electron chi connectivity index (χ0n) is 17.2. The number of carbonyl (C=O) groups is 1. The minimum atomic E-state index is -4.84. The van der Waals surface area contributed by atoms with Crippen molar-refractivity contribution in [2.45, 2.75) is 56.7 Å². The largest absolute Gasteiger partial charge is 0.480 e. The van der Waals surface area contributed by atoms with Crippen LogP contribution in [0.25, 0.3) is 11.1 Å². The van der Waals surface area contributed by atoms with Crippen LogP contribution in [-0.4, -0.2) is 40.5 Å². The number of hydrogen-bond donors (Lipinski definition) is 3. The molecule has 0 fully saturated rings. The van der Waals surface area contributed by atoms with E-state index in [1.165, 1.54) is 36.4 Å². The van der Waals surface area contributed by atoms with Gasteiger partial charge in [-0.15, -0.1) is 0 Å². The Labute approximate surface area is 180 Å². The standard InChI is InChI=1S/C22H23F6NO3/c1-21(2,25)11-16(20(31)32)29-18(22(26,27)28)15-9-5-13(6-10-15)12-3-7-14(8-4-12)17(30)19(23)24/h3-10,16-19,29-30H,11H2,1-2H3,(H,31,32). The fraction of sp³-hybridized carbons (Fsp3) is 0.409. The lowest BCUT2D eigenvalue weighted by molar-refractivity contribution is -0.164. The van der Waals surface area contributed by atoms with Crippen LogP contribution in [0.4, 0.5) is 26.3 Å². The van der Waals surface area contributed by atoms with Gasteiger partial charge in [0.2, 0.25) is 0 Å². The van der Waals surface area contributed by atoms with E-state index in [0.29, 0.717) is 11.1 Å². The summed E-state index contributed by atoms with van der Waals surface area (Å²) < 4.78 is 79.9. The van der Waals surface area contributed by atoms with Gasteiger partial charge in [0.25, 0.3) is 6.43 Å². The van der Waals surface area contributed by atoms with Gasteiger partial charge in [0, 0.05) is 6.42 Å². The number of hydrogen-bond acceptors (Lipinski definition) is 3. The number of rotatable bonds is 9. The molecule has 176 valence electrons. The number of aliphatic carboxylic acids is 1. The Bertz CT molecular complexity index is 892. The van der Waals surface area contributed by atoms with E-state index in [2.05, 4.69) is 0 Å². The van der Waals surface area contributed by atoms with Crippen molar-refractivity contribution in [1.29, 1.82) is 0 Å². The summed E-state index contributed by atoms with van der Waals surface area (Å²) in [6.07, 6.45) is -10.4. The van der Waals surface area contributed by atoms with Crippen LogP contribution in [0, 0.1) is 0 Å². The molecule has 0 radical (unpaired) electrons. The fourth-order valence-electron chi connectivity index (χ4n) is 3.17. The summed E-state index contributed by atoms with van der Waals surface area (Å²) in [5.74, 6) is -1.60. The minimum Gasteiger partial charge on any atom is -0.480 e. The van der Waals surface area contributed by atoms with Gasteiger partial charge in [-0.3, -0.25) is 10.1 Å². The topological polar surface area (TPSA) is 69.6 Å². The Morgan fingerprint density at radius 3 is 1.69 bits per heavy atom. The van der Waals surface area contributed by atoms with E-state index in [1.807, 2.05) is 5.32 Å². The monoisotopic (exact) mass is 463 g/mol. The van der Waals surface area contributed by atoms with Crippen LogP contribution in [0.5, 0.6) is 0 Å². The van der Waals surface area contributed by atoms with Crippen molar-refractivity contribution < 1.29 is 41.4 Å². The number of carboxylic acid groups (broad SMARTS) is 1. The predicted molar refractivity (Wildman–Crippen MR) is 106 cm³/mol. The first-order chi connectivity index (χ1) is 14.7. The summed E-state index contributed by atoms with van der Waals surface area (Å²) in [6.45, 7) is 2.15. The van der Waals surface area contributed by atoms with Crippen LogP contribution >= 0.6 is 0 Å². The zero-order chi connectivity index (χ0) is 24.3. The Morgan fingerprint density at radius 2 is 1.34 bits per heavy atom. The molecule has 32 heavy (non-hydrogen) atoms. The van der Waals surface area contributed by atoms with Crippen LogP contribution < -0.4 is 5.32 Å². The first-order valence-electron chi connectivity index (χ1n) is 9.60. The lowest BCUT2D eigenvalue weighted by atomic mass is 9.96. The molecule has 0 aliphatic heterocycles. The Balaban J connectivity index is 2.27. The first kappa shape index (κ1) is 25.7. The molecule has 0 amide bonds. The molecule has 0 bridgehead atoms. The molecular formula is C22H23F6NO3. The highest BCUT2D eigenvalue weighted by atomic mass is 19.4. The van der Waals surface area contributed by atoms with Gasteiger partial charge in [0.15, 0.2) is 0 Å². The molecule has 2 aromatic carbocycles. The maximum atomic E-state index is 13.9. The molecule has 10 heteroatoms. The van der Waals surface area contributed by atoms with Crippen LogP contribution in [0.15, 0.2) is 48.5 Å². The molecule has 0 spiro atoms. The molecule has 0 aromatic heterocycles. The van der Waals surface area contributed by atoms with Crippen molar-refractivity contribution in [3.8, 4) is 11.1 Å². The Morgan fingerprint density at radius 1 is 0.906 bits per heavy atom. The number of aliphatic hydroxyl groups is 1. The molecule has 0 saturated heterocycles. The van der Waals surface area contributed by atoms with E-state index in [9.17, 15) is 41.4 Å². The number of aliphatic hydroxyl groups excluding tert-OH is 1. The maximum absolute atomic E-state index is 13.9. The van der Waals surface area contributed by atoms with Gasteiger partial charge in [-0.1, -0.05) is 48.5 Å². The minimum absolute atomic E-state index is 0.00259. The van der Waals surface area contributed by atoms with E-state index in [1.54, 1.807) is 0 Å². The summed E-state index contributed by atoms with van der Waals surface area (Å²) >= 11 is 0. The predicted octanol–water partition coefficient (Wildman–Crippen LogP) is 5.44. The average Bonchev–Trinajstić information content (AvgIpc) is 2.69. The highest BCUT2D eigenvalue weighted by Gasteiger charge is 2.43. The highest BCUT2D eigenvalue weighted by molar-refractivity contribution is 5.73. The Hall–Kier alpha value is -2.59. The van der Waals surface area contributed by atoms with Crippen molar-refractivity contribution >= 4 is 5.97 Å². The number of alkyl halides is 6. The molecule has 0 aliphatic carbocycles. The maximum Gasteiger partial charge on any atom is 0.407 e. The van der Waals surface area contributed by atoms with Crippen molar-refractivity contribution in [1.82, 2.24) is 5.32 Å². The van der Waals surface area contributed by atoms with Crippen molar-refractivity contribution in [3.63, 3.8) is 0 Å². The van der Waals surface area contributed by atoms with Crippen molar-refractivity contribution in [3.05, 3.63) is 59.7 Å². The normalized spacial score (nSPS) is 15.4. The first-order valence-corrected chi connectivity index (χ1v) is 9.60. The molecular weight excluding hydrogens is 440 g/mol. The molecule has 3 unspecified atom stereocenters. The van der Waals surface area contributed by atoms with Gasteiger partial charge in [-0.05, 0) is 36.1 Å². The smallest absolute Gasteiger partial charge is 0.407 e. The second-order valence-corrected chi connectivity index (χ2v) is 7.98. The van der Waals surface area contributed by atoms with Gasteiger partial charge in [0.1, 0.15) is 23.9 Å². The van der Waals surface area contributed by atoms with Crippen LogP contribution in [-0.2, 0) is 4.79 Å². The van der Waals surface area contributed by atoms with Crippen molar-refractivity contribution in [2.24, 2.45) is 0 Å².